The van der Waals surface area contributed by atoms with Gasteiger partial charge in [0, 0.05) is 11.5 Å². The van der Waals surface area contributed by atoms with Gasteiger partial charge < -0.3 is 0 Å². The molecular weight excluding hydrogens is 739 g/mol. The summed E-state index contributed by atoms with van der Waals surface area (Å²) >= 11 is 0. The Morgan fingerprint density at radius 3 is 2.00 bits per heavy atom. The van der Waals surface area contributed by atoms with E-state index in [2.05, 4.69) is 159 Å². The highest BCUT2D eigenvalue weighted by Gasteiger charge is 2.51. The zero-order valence-corrected chi connectivity index (χ0v) is 34.7. The molecule has 3 aliphatic carbocycles. The van der Waals surface area contributed by atoms with Crippen molar-refractivity contribution in [3.8, 4) is 44.8 Å². The molecule has 3 nitrogen and oxygen atoms in total. The lowest BCUT2D eigenvalue weighted by Crippen LogP contribution is -2.26. The van der Waals surface area contributed by atoms with Crippen LogP contribution in [0.1, 0.15) is 78.5 Å². The molecule has 6 aromatic carbocycles. The molecule has 1 unspecified atom stereocenters. The lowest BCUT2D eigenvalue weighted by atomic mass is 9.69. The zero-order valence-electron chi connectivity index (χ0n) is 34.7. The van der Waals surface area contributed by atoms with Gasteiger partial charge in [0.1, 0.15) is 0 Å². The standard InChI is InChI=1S/C58H47N3/c1-3-5-8-32-55-59-56(61-57(60-55)43-25-11-7-12-26-43)41(4-2)22-14-13-20-40-21-19-27-44(37-40)46-34-36-50-49-35-33-45(42-23-9-6-10-24-42)38-53(49)58(54(50)39-46)51-30-17-15-28-47(51)48-29-16-18-31-52(48)58/h3,5-19,21-26,28-39,44H,4,20,27H2,1-2H3/b5-3-,14-13-,32-8+,41-22+. The van der Waals surface area contributed by atoms with E-state index in [0.717, 1.165) is 30.4 Å². The molecule has 294 valence electrons. The first-order valence-corrected chi connectivity index (χ1v) is 21.5. The molecule has 7 aromatic rings. The summed E-state index contributed by atoms with van der Waals surface area (Å²) in [4.78, 5) is 14.5. The van der Waals surface area contributed by atoms with Crippen molar-refractivity contribution in [2.45, 2.75) is 44.4 Å². The van der Waals surface area contributed by atoms with Crippen molar-refractivity contribution < 1.29 is 0 Å². The third kappa shape index (κ3) is 6.86. The Morgan fingerprint density at radius 2 is 1.28 bits per heavy atom. The summed E-state index contributed by atoms with van der Waals surface area (Å²) in [6.07, 6.45) is 24.2. The number of aromatic nitrogens is 3. The lowest BCUT2D eigenvalue weighted by Gasteiger charge is -2.31. The predicted octanol–water partition coefficient (Wildman–Crippen LogP) is 14.5. The molecule has 0 radical (unpaired) electrons. The van der Waals surface area contributed by atoms with Gasteiger partial charge in [0.15, 0.2) is 17.5 Å². The molecule has 0 aliphatic heterocycles. The van der Waals surface area contributed by atoms with Crippen LogP contribution in [0.2, 0.25) is 0 Å². The van der Waals surface area contributed by atoms with E-state index in [4.69, 9.17) is 15.0 Å². The number of benzene rings is 6. The summed E-state index contributed by atoms with van der Waals surface area (Å²) in [5.41, 5.74) is 17.6. The zero-order chi connectivity index (χ0) is 41.2. The number of hydrogen-bond donors (Lipinski definition) is 0. The molecule has 0 bridgehead atoms. The first-order chi connectivity index (χ1) is 30.1. The largest absolute Gasteiger partial charge is 0.209 e. The fourth-order valence-corrected chi connectivity index (χ4v) is 9.63. The van der Waals surface area contributed by atoms with Gasteiger partial charge in [-0.1, -0.05) is 201 Å². The van der Waals surface area contributed by atoms with Gasteiger partial charge >= 0.3 is 0 Å². The maximum atomic E-state index is 4.92. The van der Waals surface area contributed by atoms with Crippen LogP contribution in [0.5, 0.6) is 0 Å². The van der Waals surface area contributed by atoms with Crippen molar-refractivity contribution in [3.63, 3.8) is 0 Å². The van der Waals surface area contributed by atoms with Crippen LogP contribution in [0.25, 0.3) is 56.4 Å². The molecule has 3 heteroatoms. The molecule has 0 N–H and O–H groups in total. The van der Waals surface area contributed by atoms with Crippen LogP contribution in [-0.2, 0) is 5.41 Å². The Hall–Kier alpha value is -7.23. The van der Waals surface area contributed by atoms with Crippen LogP contribution < -0.4 is 0 Å². The van der Waals surface area contributed by atoms with Crippen molar-refractivity contribution in [2.75, 3.05) is 0 Å². The molecule has 1 heterocycles. The lowest BCUT2D eigenvalue weighted by molar-refractivity contribution is 0.782. The fraction of sp³-hybridized carbons (Fsp3) is 0.121. The average molecular weight is 786 g/mol. The summed E-state index contributed by atoms with van der Waals surface area (Å²) in [6.45, 7) is 4.15. The topological polar surface area (TPSA) is 38.7 Å². The third-order valence-corrected chi connectivity index (χ3v) is 12.5. The van der Waals surface area contributed by atoms with E-state index >= 15 is 0 Å². The smallest absolute Gasteiger partial charge is 0.164 e. The minimum Gasteiger partial charge on any atom is -0.209 e. The molecule has 3 aliphatic rings. The van der Waals surface area contributed by atoms with E-state index in [9.17, 15) is 0 Å². The Kier molecular flexibility index (Phi) is 10.2. The molecule has 0 saturated heterocycles. The third-order valence-electron chi connectivity index (χ3n) is 12.5. The van der Waals surface area contributed by atoms with E-state index in [0.29, 0.717) is 17.5 Å². The summed E-state index contributed by atoms with van der Waals surface area (Å²) in [6, 6.07) is 53.6. The van der Waals surface area contributed by atoms with Crippen LogP contribution in [0, 0.1) is 0 Å². The Morgan fingerprint density at radius 1 is 0.623 bits per heavy atom. The van der Waals surface area contributed by atoms with Gasteiger partial charge in [-0.15, -0.1) is 0 Å². The number of rotatable bonds is 10. The minimum absolute atomic E-state index is 0.281. The average Bonchev–Trinajstić information content (AvgIpc) is 3.79. The molecule has 1 atom stereocenters. The second-order valence-corrected chi connectivity index (χ2v) is 16.0. The van der Waals surface area contributed by atoms with Gasteiger partial charge in [-0.25, -0.2) is 15.0 Å². The van der Waals surface area contributed by atoms with Crippen molar-refractivity contribution in [3.05, 3.63) is 245 Å². The van der Waals surface area contributed by atoms with Crippen LogP contribution in [0.3, 0.4) is 0 Å². The number of nitrogens with zero attached hydrogens (tertiary/aromatic N) is 3. The van der Waals surface area contributed by atoms with Crippen LogP contribution >= 0.6 is 0 Å². The van der Waals surface area contributed by atoms with Crippen LogP contribution in [-0.4, -0.2) is 15.0 Å². The Labute approximate surface area is 359 Å². The van der Waals surface area contributed by atoms with E-state index in [1.54, 1.807) is 0 Å². The number of fused-ring (bicyclic) bond motifs is 10. The van der Waals surface area contributed by atoms with Crippen molar-refractivity contribution in [1.29, 1.82) is 0 Å². The van der Waals surface area contributed by atoms with Crippen LogP contribution in [0.4, 0.5) is 0 Å². The predicted molar refractivity (Wildman–Crippen MR) is 254 cm³/mol. The summed E-state index contributed by atoms with van der Waals surface area (Å²) in [5.74, 6) is 2.31. The van der Waals surface area contributed by atoms with Gasteiger partial charge in [-0.2, -0.15) is 0 Å². The highest BCUT2D eigenvalue weighted by atomic mass is 15.0. The number of allylic oxidation sites excluding steroid dienone is 11. The van der Waals surface area contributed by atoms with Gasteiger partial charge in [-0.3, -0.25) is 0 Å². The molecule has 0 saturated carbocycles. The fourth-order valence-electron chi connectivity index (χ4n) is 9.63. The van der Waals surface area contributed by atoms with Gasteiger partial charge in [0.2, 0.25) is 0 Å². The first kappa shape index (κ1) is 38.0. The Balaban J connectivity index is 0.977. The molecule has 61 heavy (non-hydrogen) atoms. The van der Waals surface area contributed by atoms with Gasteiger partial charge in [-0.05, 0) is 111 Å². The minimum atomic E-state index is -0.397. The SMILES string of the molecule is C/C=C\C=C\c1nc(/C(=C/C=C\CC2=CC(c3ccc4c(c3)C3(c5ccccc5-c5ccccc53)c3cc(-c5ccccc5)ccc3-4)CC=C2)CC)nc(-c2ccccc2)n1. The summed E-state index contributed by atoms with van der Waals surface area (Å²) < 4.78 is 0. The van der Waals surface area contributed by atoms with E-state index in [1.165, 1.54) is 66.8 Å². The Bertz CT molecular complexity index is 2920. The van der Waals surface area contributed by atoms with E-state index in [-0.39, 0.29) is 5.92 Å². The molecule has 1 aromatic heterocycles. The van der Waals surface area contributed by atoms with Crippen molar-refractivity contribution in [1.82, 2.24) is 15.0 Å². The van der Waals surface area contributed by atoms with E-state index < -0.39 is 5.41 Å². The maximum absolute atomic E-state index is 4.92. The maximum Gasteiger partial charge on any atom is 0.164 e. The van der Waals surface area contributed by atoms with Crippen molar-refractivity contribution >= 4 is 11.6 Å². The highest BCUT2D eigenvalue weighted by molar-refractivity contribution is 5.96. The van der Waals surface area contributed by atoms with Crippen molar-refractivity contribution in [2.24, 2.45) is 0 Å². The number of hydrogen-bond acceptors (Lipinski definition) is 3. The molecular formula is C58H47N3. The normalized spacial score (nSPS) is 16.0. The van der Waals surface area contributed by atoms with Crippen LogP contribution in [0.15, 0.2) is 206 Å². The summed E-state index contributed by atoms with van der Waals surface area (Å²) in [7, 11) is 0. The molecule has 1 spiro atoms. The highest BCUT2D eigenvalue weighted by Crippen LogP contribution is 2.63. The monoisotopic (exact) mass is 785 g/mol. The quantitative estimate of drug-likeness (QED) is 0.130. The molecule has 10 rings (SSSR count). The molecule has 0 amide bonds. The second kappa shape index (κ2) is 16.4. The second-order valence-electron chi connectivity index (χ2n) is 16.0. The summed E-state index contributed by atoms with van der Waals surface area (Å²) in [5, 5.41) is 0. The van der Waals surface area contributed by atoms with Gasteiger partial charge in [0.25, 0.3) is 0 Å². The first-order valence-electron chi connectivity index (χ1n) is 21.5. The van der Waals surface area contributed by atoms with E-state index in [1.807, 2.05) is 61.6 Å². The molecule has 0 fully saturated rings. The van der Waals surface area contributed by atoms with Gasteiger partial charge in [0.05, 0.1) is 5.41 Å².